The van der Waals surface area contributed by atoms with Gasteiger partial charge in [0.1, 0.15) is 5.01 Å². The van der Waals surface area contributed by atoms with Gasteiger partial charge < -0.3 is 5.32 Å². The molecule has 1 aromatic heterocycles. The molecule has 3 heteroatoms. The van der Waals surface area contributed by atoms with Crippen molar-refractivity contribution in [2.75, 3.05) is 6.54 Å². The van der Waals surface area contributed by atoms with E-state index < -0.39 is 0 Å². The molecule has 1 N–H and O–H groups in total. The summed E-state index contributed by atoms with van der Waals surface area (Å²) >= 11 is 1.73. The summed E-state index contributed by atoms with van der Waals surface area (Å²) < 4.78 is 0. The lowest BCUT2D eigenvalue weighted by Crippen LogP contribution is -2.29. The van der Waals surface area contributed by atoms with Gasteiger partial charge in [0.25, 0.3) is 0 Å². The lowest BCUT2D eigenvalue weighted by Gasteiger charge is -2.26. The van der Waals surface area contributed by atoms with E-state index in [1.165, 1.54) is 30.8 Å². The summed E-state index contributed by atoms with van der Waals surface area (Å²) in [6.07, 6.45) is 6.13. The average Bonchev–Trinajstić information content (AvgIpc) is 2.52. The van der Waals surface area contributed by atoms with Crippen LogP contribution >= 0.6 is 11.3 Å². The minimum absolute atomic E-state index is 0.431. The molecule has 1 unspecified atom stereocenters. The number of aromatic nitrogens is 1. The van der Waals surface area contributed by atoms with Crippen LogP contribution in [-0.2, 0) is 0 Å². The number of thiazole rings is 1. The Labute approximate surface area is 83.4 Å². The molecule has 0 amide bonds. The fourth-order valence-electron chi connectivity index (χ4n) is 1.58. The zero-order valence-corrected chi connectivity index (χ0v) is 8.81. The quantitative estimate of drug-likeness (QED) is 0.800. The molecule has 0 aliphatic heterocycles. The van der Waals surface area contributed by atoms with E-state index >= 15 is 0 Å². The van der Waals surface area contributed by atoms with Crippen molar-refractivity contribution in [1.82, 2.24) is 10.3 Å². The monoisotopic (exact) mass is 196 g/mol. The molecule has 0 bridgehead atoms. The second kappa shape index (κ2) is 4.20. The molecule has 1 aromatic rings. The van der Waals surface area contributed by atoms with E-state index in [1.54, 1.807) is 11.3 Å². The van der Waals surface area contributed by atoms with Gasteiger partial charge in [-0.3, -0.25) is 0 Å². The Kier molecular flexibility index (Phi) is 2.96. The summed E-state index contributed by atoms with van der Waals surface area (Å²) in [7, 11) is 0. The number of hydrogen-bond donors (Lipinski definition) is 1. The minimum Gasteiger partial charge on any atom is -0.308 e. The first-order valence-electron chi connectivity index (χ1n) is 4.99. The van der Waals surface area contributed by atoms with E-state index in [0.29, 0.717) is 6.04 Å². The smallest absolute Gasteiger partial charge is 0.109 e. The Balaban J connectivity index is 1.74. The van der Waals surface area contributed by atoms with Crippen LogP contribution in [0.25, 0.3) is 0 Å². The second-order valence-electron chi connectivity index (χ2n) is 3.80. The van der Waals surface area contributed by atoms with Crippen LogP contribution in [0.3, 0.4) is 0 Å². The highest BCUT2D eigenvalue weighted by atomic mass is 32.1. The average molecular weight is 196 g/mol. The Morgan fingerprint density at radius 1 is 1.69 bits per heavy atom. The molecule has 0 aromatic carbocycles. The maximum Gasteiger partial charge on any atom is 0.109 e. The number of hydrogen-bond acceptors (Lipinski definition) is 3. The standard InChI is InChI=1S/C10H16N2S/c1-8(10-11-5-6-13-10)12-7-9-3-2-4-9/h5-6,8-9,12H,2-4,7H2,1H3. The summed E-state index contributed by atoms with van der Waals surface area (Å²) in [5, 5.41) is 6.78. The zero-order chi connectivity index (χ0) is 9.10. The van der Waals surface area contributed by atoms with Gasteiger partial charge >= 0.3 is 0 Å². The van der Waals surface area contributed by atoms with E-state index in [0.717, 1.165) is 5.92 Å². The van der Waals surface area contributed by atoms with Gasteiger partial charge in [0.2, 0.25) is 0 Å². The summed E-state index contributed by atoms with van der Waals surface area (Å²) in [4.78, 5) is 4.29. The van der Waals surface area contributed by atoms with Crippen LogP contribution in [0, 0.1) is 5.92 Å². The van der Waals surface area contributed by atoms with Gasteiger partial charge in [-0.2, -0.15) is 0 Å². The van der Waals surface area contributed by atoms with Crippen molar-refractivity contribution in [3.63, 3.8) is 0 Å². The molecule has 2 rings (SSSR count). The fraction of sp³-hybridized carbons (Fsp3) is 0.700. The predicted octanol–water partition coefficient (Wildman–Crippen LogP) is 2.59. The summed E-state index contributed by atoms with van der Waals surface area (Å²) in [5.41, 5.74) is 0. The van der Waals surface area contributed by atoms with Gasteiger partial charge in [0.05, 0.1) is 6.04 Å². The molecule has 1 aliphatic carbocycles. The van der Waals surface area contributed by atoms with Crippen molar-refractivity contribution < 1.29 is 0 Å². The topological polar surface area (TPSA) is 24.9 Å². The van der Waals surface area contributed by atoms with Crippen LogP contribution in [0.2, 0.25) is 0 Å². The normalized spacial score (nSPS) is 19.8. The molecule has 1 atom stereocenters. The van der Waals surface area contributed by atoms with Crippen LogP contribution in [0.5, 0.6) is 0 Å². The summed E-state index contributed by atoms with van der Waals surface area (Å²) in [6, 6.07) is 0.431. The van der Waals surface area contributed by atoms with Gasteiger partial charge in [-0.1, -0.05) is 6.42 Å². The van der Waals surface area contributed by atoms with Crippen molar-refractivity contribution >= 4 is 11.3 Å². The number of nitrogens with one attached hydrogen (secondary N) is 1. The van der Waals surface area contributed by atoms with Gasteiger partial charge in [0, 0.05) is 11.6 Å². The van der Waals surface area contributed by atoms with Crippen LogP contribution in [0.1, 0.15) is 37.2 Å². The number of nitrogens with zero attached hydrogens (tertiary/aromatic N) is 1. The third-order valence-corrected chi connectivity index (χ3v) is 3.72. The first-order chi connectivity index (χ1) is 6.36. The van der Waals surface area contributed by atoms with E-state index in [9.17, 15) is 0 Å². The molecule has 72 valence electrons. The van der Waals surface area contributed by atoms with E-state index in [-0.39, 0.29) is 0 Å². The molecule has 0 radical (unpaired) electrons. The van der Waals surface area contributed by atoms with Crippen LogP contribution in [-0.4, -0.2) is 11.5 Å². The van der Waals surface area contributed by atoms with Crippen LogP contribution in [0.15, 0.2) is 11.6 Å². The van der Waals surface area contributed by atoms with Gasteiger partial charge in [-0.15, -0.1) is 11.3 Å². The maximum absolute atomic E-state index is 4.29. The molecule has 0 saturated heterocycles. The Morgan fingerprint density at radius 2 is 2.54 bits per heavy atom. The fourth-order valence-corrected chi connectivity index (χ4v) is 2.25. The minimum atomic E-state index is 0.431. The van der Waals surface area contributed by atoms with Gasteiger partial charge in [0.15, 0.2) is 0 Å². The highest BCUT2D eigenvalue weighted by Crippen LogP contribution is 2.26. The Bertz CT molecular complexity index is 241. The highest BCUT2D eigenvalue weighted by Gasteiger charge is 2.18. The summed E-state index contributed by atoms with van der Waals surface area (Å²) in [5.74, 6) is 0.933. The summed E-state index contributed by atoms with van der Waals surface area (Å²) in [6.45, 7) is 3.36. The van der Waals surface area contributed by atoms with Crippen molar-refractivity contribution in [3.05, 3.63) is 16.6 Å². The number of rotatable bonds is 4. The van der Waals surface area contributed by atoms with Crippen LogP contribution < -0.4 is 5.32 Å². The van der Waals surface area contributed by atoms with Crippen molar-refractivity contribution in [2.45, 2.75) is 32.2 Å². The van der Waals surface area contributed by atoms with Crippen molar-refractivity contribution in [3.8, 4) is 0 Å². The first kappa shape index (κ1) is 9.16. The molecule has 13 heavy (non-hydrogen) atoms. The molecular formula is C10H16N2S. The largest absolute Gasteiger partial charge is 0.308 e. The van der Waals surface area contributed by atoms with E-state index in [4.69, 9.17) is 0 Å². The zero-order valence-electron chi connectivity index (χ0n) is 7.99. The van der Waals surface area contributed by atoms with Crippen molar-refractivity contribution in [2.24, 2.45) is 5.92 Å². The van der Waals surface area contributed by atoms with E-state index in [1.807, 2.05) is 11.6 Å². The lowest BCUT2D eigenvalue weighted by atomic mass is 9.85. The third-order valence-electron chi connectivity index (χ3n) is 2.76. The highest BCUT2D eigenvalue weighted by molar-refractivity contribution is 7.09. The maximum atomic E-state index is 4.29. The second-order valence-corrected chi connectivity index (χ2v) is 4.72. The molecule has 2 nitrogen and oxygen atoms in total. The van der Waals surface area contributed by atoms with Crippen LogP contribution in [0.4, 0.5) is 0 Å². The van der Waals surface area contributed by atoms with Gasteiger partial charge in [-0.25, -0.2) is 4.98 Å². The van der Waals surface area contributed by atoms with Crippen molar-refractivity contribution in [1.29, 1.82) is 0 Å². The SMILES string of the molecule is CC(NCC1CCC1)c1nccs1. The Morgan fingerprint density at radius 3 is 3.08 bits per heavy atom. The lowest BCUT2D eigenvalue weighted by molar-refractivity contribution is 0.292. The van der Waals surface area contributed by atoms with E-state index in [2.05, 4.69) is 17.2 Å². The molecular weight excluding hydrogens is 180 g/mol. The molecule has 1 heterocycles. The molecule has 1 fully saturated rings. The predicted molar refractivity (Wildman–Crippen MR) is 55.9 cm³/mol. The molecule has 1 aliphatic rings. The molecule has 0 spiro atoms. The third kappa shape index (κ3) is 2.29. The first-order valence-corrected chi connectivity index (χ1v) is 5.87. The molecule has 1 saturated carbocycles. The van der Waals surface area contributed by atoms with Gasteiger partial charge in [-0.05, 0) is 32.2 Å². The Hall–Kier alpha value is -0.410.